The highest BCUT2D eigenvalue weighted by Gasteiger charge is 2.43. The molecule has 1 N–H and O–H groups in total. The summed E-state index contributed by atoms with van der Waals surface area (Å²) >= 11 is 0. The molecule has 0 saturated heterocycles. The predicted octanol–water partition coefficient (Wildman–Crippen LogP) is 4.00. The molecule has 2 aliphatic carbocycles. The van der Waals surface area contributed by atoms with Gasteiger partial charge in [0.25, 0.3) is 0 Å². The van der Waals surface area contributed by atoms with Gasteiger partial charge < -0.3 is 14.8 Å². The van der Waals surface area contributed by atoms with Crippen LogP contribution < -0.4 is 10.1 Å². The third-order valence-corrected chi connectivity index (χ3v) is 6.07. The second-order valence-corrected chi connectivity index (χ2v) is 7.87. The summed E-state index contributed by atoms with van der Waals surface area (Å²) in [6.45, 7) is 1.90. The number of ketones is 1. The SMILES string of the molecule is COc1cccc(C2C(C(=O)OC3CCCC3)=C(C)NC3=CCCC(=O)C32)c1. The Bertz CT molecular complexity index is 848. The van der Waals surface area contributed by atoms with Crippen LogP contribution in [0, 0.1) is 5.92 Å². The maximum Gasteiger partial charge on any atom is 0.336 e. The fourth-order valence-electron chi connectivity index (χ4n) is 4.70. The van der Waals surface area contributed by atoms with E-state index in [9.17, 15) is 9.59 Å². The van der Waals surface area contributed by atoms with Crippen molar-refractivity contribution in [1.29, 1.82) is 0 Å². The minimum absolute atomic E-state index is 0.0160. The van der Waals surface area contributed by atoms with Gasteiger partial charge in [0, 0.05) is 23.7 Å². The zero-order chi connectivity index (χ0) is 19.7. The van der Waals surface area contributed by atoms with Crippen LogP contribution in [0.5, 0.6) is 5.75 Å². The Hall–Kier alpha value is -2.56. The van der Waals surface area contributed by atoms with E-state index in [0.29, 0.717) is 17.7 Å². The molecular weight excluding hydrogens is 354 g/mol. The number of fused-ring (bicyclic) bond motifs is 1. The predicted molar refractivity (Wildman–Crippen MR) is 106 cm³/mol. The zero-order valence-electron chi connectivity index (χ0n) is 16.5. The average molecular weight is 381 g/mol. The molecule has 1 aromatic rings. The first-order valence-corrected chi connectivity index (χ1v) is 10.1. The van der Waals surface area contributed by atoms with Gasteiger partial charge in [-0.25, -0.2) is 4.79 Å². The van der Waals surface area contributed by atoms with E-state index in [4.69, 9.17) is 9.47 Å². The lowest BCUT2D eigenvalue weighted by molar-refractivity contribution is -0.144. The molecule has 0 spiro atoms. The number of esters is 1. The number of hydrogen-bond donors (Lipinski definition) is 1. The first-order chi connectivity index (χ1) is 13.6. The highest BCUT2D eigenvalue weighted by molar-refractivity contribution is 5.96. The normalized spacial score (nSPS) is 25.1. The number of Topliss-reactive ketones (excluding diaryl/α,β-unsaturated/α-hetero) is 1. The molecule has 5 heteroatoms. The van der Waals surface area contributed by atoms with Gasteiger partial charge in [-0.2, -0.15) is 0 Å². The van der Waals surface area contributed by atoms with Gasteiger partial charge in [-0.3, -0.25) is 4.79 Å². The van der Waals surface area contributed by atoms with E-state index in [1.54, 1.807) is 7.11 Å². The molecule has 28 heavy (non-hydrogen) atoms. The topological polar surface area (TPSA) is 64.6 Å². The van der Waals surface area contributed by atoms with Gasteiger partial charge in [-0.05, 0) is 56.7 Å². The molecule has 4 rings (SSSR count). The van der Waals surface area contributed by atoms with Crippen LogP contribution in [0.15, 0.2) is 47.3 Å². The van der Waals surface area contributed by atoms with Crippen LogP contribution in [0.25, 0.3) is 0 Å². The molecule has 0 bridgehead atoms. The summed E-state index contributed by atoms with van der Waals surface area (Å²) in [4.78, 5) is 26.1. The molecule has 148 valence electrons. The Morgan fingerprint density at radius 1 is 1.18 bits per heavy atom. The lowest BCUT2D eigenvalue weighted by atomic mass is 9.71. The van der Waals surface area contributed by atoms with E-state index in [1.807, 2.05) is 31.2 Å². The minimum Gasteiger partial charge on any atom is -0.497 e. The molecule has 1 aromatic carbocycles. The van der Waals surface area contributed by atoms with Gasteiger partial charge in [0.1, 0.15) is 17.6 Å². The summed E-state index contributed by atoms with van der Waals surface area (Å²) in [5.41, 5.74) is 3.15. The molecule has 2 unspecified atom stereocenters. The zero-order valence-corrected chi connectivity index (χ0v) is 16.5. The summed E-state index contributed by atoms with van der Waals surface area (Å²) in [5.74, 6) is -0.162. The largest absolute Gasteiger partial charge is 0.497 e. The third-order valence-electron chi connectivity index (χ3n) is 6.07. The van der Waals surface area contributed by atoms with Gasteiger partial charge >= 0.3 is 5.97 Å². The van der Waals surface area contributed by atoms with Crippen LogP contribution in [-0.4, -0.2) is 25.0 Å². The molecule has 1 heterocycles. The Kier molecular flexibility index (Phi) is 5.25. The van der Waals surface area contributed by atoms with Crippen molar-refractivity contribution in [2.45, 2.75) is 57.5 Å². The van der Waals surface area contributed by atoms with Crippen molar-refractivity contribution < 1.29 is 19.1 Å². The Morgan fingerprint density at radius 3 is 2.71 bits per heavy atom. The third kappa shape index (κ3) is 3.46. The number of allylic oxidation sites excluding steroid dienone is 3. The average Bonchev–Trinajstić information content (AvgIpc) is 3.20. The van der Waals surface area contributed by atoms with Crippen molar-refractivity contribution in [3.05, 3.63) is 52.9 Å². The molecule has 1 saturated carbocycles. The Balaban J connectivity index is 1.77. The van der Waals surface area contributed by atoms with Gasteiger partial charge in [-0.1, -0.05) is 18.2 Å². The highest BCUT2D eigenvalue weighted by Crippen LogP contribution is 2.44. The van der Waals surface area contributed by atoms with E-state index in [0.717, 1.165) is 49.1 Å². The smallest absolute Gasteiger partial charge is 0.336 e. The quantitative estimate of drug-likeness (QED) is 0.799. The highest BCUT2D eigenvalue weighted by atomic mass is 16.5. The Labute approximate surface area is 165 Å². The molecule has 0 amide bonds. The number of benzene rings is 1. The van der Waals surface area contributed by atoms with Crippen LogP contribution in [0.3, 0.4) is 0 Å². The van der Waals surface area contributed by atoms with Crippen LogP contribution in [0.4, 0.5) is 0 Å². The monoisotopic (exact) mass is 381 g/mol. The van der Waals surface area contributed by atoms with Crippen LogP contribution >= 0.6 is 0 Å². The van der Waals surface area contributed by atoms with Crippen molar-refractivity contribution in [2.75, 3.05) is 7.11 Å². The van der Waals surface area contributed by atoms with Crippen LogP contribution in [0.2, 0.25) is 0 Å². The van der Waals surface area contributed by atoms with Crippen LogP contribution in [0.1, 0.15) is 56.9 Å². The summed E-state index contributed by atoms with van der Waals surface area (Å²) in [6, 6.07) is 7.67. The number of carbonyl (C=O) groups excluding carboxylic acids is 2. The van der Waals surface area contributed by atoms with E-state index >= 15 is 0 Å². The number of rotatable bonds is 4. The molecule has 0 aromatic heterocycles. The summed E-state index contributed by atoms with van der Waals surface area (Å²) < 4.78 is 11.2. The lowest BCUT2D eigenvalue weighted by Gasteiger charge is -2.38. The Morgan fingerprint density at radius 2 is 1.96 bits per heavy atom. The van der Waals surface area contributed by atoms with Gasteiger partial charge in [0.2, 0.25) is 0 Å². The van der Waals surface area contributed by atoms with Crippen molar-refractivity contribution in [3.63, 3.8) is 0 Å². The van der Waals surface area contributed by atoms with Crippen molar-refractivity contribution in [1.82, 2.24) is 5.32 Å². The summed E-state index contributed by atoms with van der Waals surface area (Å²) in [5, 5.41) is 3.32. The maximum atomic E-state index is 13.2. The molecule has 5 nitrogen and oxygen atoms in total. The van der Waals surface area contributed by atoms with Crippen molar-refractivity contribution >= 4 is 11.8 Å². The number of ether oxygens (including phenoxy) is 2. The summed E-state index contributed by atoms with van der Waals surface area (Å²) in [7, 11) is 1.62. The summed E-state index contributed by atoms with van der Waals surface area (Å²) in [6.07, 6.45) is 7.34. The molecular formula is C23H27NO4. The number of carbonyl (C=O) groups is 2. The molecule has 0 radical (unpaired) electrons. The second-order valence-electron chi connectivity index (χ2n) is 7.87. The number of methoxy groups -OCH3 is 1. The first-order valence-electron chi connectivity index (χ1n) is 10.1. The van der Waals surface area contributed by atoms with E-state index < -0.39 is 0 Å². The molecule has 1 fully saturated rings. The second kappa shape index (κ2) is 7.82. The maximum absolute atomic E-state index is 13.2. The molecule has 1 aliphatic heterocycles. The molecule has 3 aliphatic rings. The fourth-order valence-corrected chi connectivity index (χ4v) is 4.70. The van der Waals surface area contributed by atoms with E-state index in [1.165, 1.54) is 0 Å². The van der Waals surface area contributed by atoms with Gasteiger partial charge in [0.15, 0.2) is 0 Å². The molecule has 2 atom stereocenters. The van der Waals surface area contributed by atoms with Crippen molar-refractivity contribution in [3.8, 4) is 5.75 Å². The van der Waals surface area contributed by atoms with Crippen molar-refractivity contribution in [2.24, 2.45) is 5.92 Å². The standard InChI is InChI=1S/C23H27NO4/c1-14-20(23(26)28-16-8-3-4-9-16)21(15-7-5-10-17(13-15)27-2)22-18(24-14)11-6-12-19(22)25/h5,7,10-11,13,16,21-22,24H,3-4,6,8-9,12H2,1-2H3. The number of nitrogens with one attached hydrogen (secondary N) is 1. The van der Waals surface area contributed by atoms with E-state index in [-0.39, 0.29) is 29.7 Å². The first kappa shape index (κ1) is 18.8. The fraction of sp³-hybridized carbons (Fsp3) is 0.478. The van der Waals surface area contributed by atoms with Gasteiger partial charge in [-0.15, -0.1) is 0 Å². The lowest BCUT2D eigenvalue weighted by Crippen LogP contribution is -2.41. The number of hydrogen-bond acceptors (Lipinski definition) is 5. The van der Waals surface area contributed by atoms with E-state index in [2.05, 4.69) is 11.4 Å². The minimum atomic E-state index is -0.379. The van der Waals surface area contributed by atoms with Gasteiger partial charge in [0.05, 0.1) is 18.6 Å². The van der Waals surface area contributed by atoms with Crippen LogP contribution in [-0.2, 0) is 14.3 Å².